The molecule has 0 amide bonds. The van der Waals surface area contributed by atoms with Crippen molar-refractivity contribution in [1.29, 1.82) is 5.26 Å². The lowest BCUT2D eigenvalue weighted by atomic mass is 10.0. The molecule has 1 heterocycles. The number of hydrogen-bond acceptors (Lipinski definition) is 3. The zero-order valence-electron chi connectivity index (χ0n) is 10.6. The van der Waals surface area contributed by atoms with E-state index in [9.17, 15) is 5.26 Å². The van der Waals surface area contributed by atoms with E-state index in [2.05, 4.69) is 23.2 Å². The van der Waals surface area contributed by atoms with Crippen LogP contribution in [0.2, 0.25) is 5.02 Å². The van der Waals surface area contributed by atoms with Crippen molar-refractivity contribution in [2.75, 3.05) is 24.5 Å². The highest BCUT2D eigenvalue weighted by Crippen LogP contribution is 2.27. The molecule has 96 valence electrons. The van der Waals surface area contributed by atoms with Crippen LogP contribution < -0.4 is 10.2 Å². The Labute approximate surface area is 113 Å². The number of nitrogens with zero attached hydrogens (tertiary/aromatic N) is 2. The Bertz CT molecular complexity index is 447. The Balaban J connectivity index is 2.29. The lowest BCUT2D eigenvalue weighted by molar-refractivity contribution is 0.435. The van der Waals surface area contributed by atoms with Crippen molar-refractivity contribution >= 4 is 17.3 Å². The molecule has 1 aliphatic heterocycles. The van der Waals surface area contributed by atoms with Crippen molar-refractivity contribution in [1.82, 2.24) is 5.32 Å². The molecule has 0 aliphatic carbocycles. The van der Waals surface area contributed by atoms with Crippen LogP contribution in [-0.4, -0.2) is 25.7 Å². The van der Waals surface area contributed by atoms with Gasteiger partial charge in [0.2, 0.25) is 0 Å². The van der Waals surface area contributed by atoms with Crippen LogP contribution in [0, 0.1) is 11.3 Å². The highest BCUT2D eigenvalue weighted by Gasteiger charge is 2.21. The molecule has 1 saturated heterocycles. The van der Waals surface area contributed by atoms with E-state index in [4.69, 9.17) is 11.6 Å². The van der Waals surface area contributed by atoms with E-state index in [1.807, 2.05) is 12.1 Å². The van der Waals surface area contributed by atoms with E-state index < -0.39 is 0 Å². The van der Waals surface area contributed by atoms with E-state index >= 15 is 0 Å². The minimum Gasteiger partial charge on any atom is -0.366 e. The Morgan fingerprint density at radius 2 is 2.39 bits per heavy atom. The third kappa shape index (κ3) is 2.77. The summed E-state index contributed by atoms with van der Waals surface area (Å²) in [6.07, 6.45) is 2.37. The normalized spacial score (nSPS) is 19.3. The first-order chi connectivity index (χ1) is 8.76. The molecule has 3 nitrogen and oxygen atoms in total. The quantitative estimate of drug-likeness (QED) is 0.912. The number of nitriles is 1. The van der Waals surface area contributed by atoms with Crippen LogP contribution in [0.3, 0.4) is 0 Å². The molecule has 0 bridgehead atoms. The topological polar surface area (TPSA) is 39.1 Å². The van der Waals surface area contributed by atoms with Crippen LogP contribution in [0.4, 0.5) is 5.69 Å². The molecule has 1 aliphatic rings. The van der Waals surface area contributed by atoms with Crippen LogP contribution in [-0.2, 0) is 0 Å². The molecule has 0 spiro atoms. The van der Waals surface area contributed by atoms with Gasteiger partial charge in [-0.2, -0.15) is 5.26 Å². The van der Waals surface area contributed by atoms with Gasteiger partial charge in [-0.05, 0) is 44.5 Å². The van der Waals surface area contributed by atoms with Gasteiger partial charge in [-0.3, -0.25) is 0 Å². The Hall–Kier alpha value is -1.24. The highest BCUT2D eigenvalue weighted by atomic mass is 35.5. The minimum absolute atomic E-state index is 0.469. The molecule has 4 heteroatoms. The smallest absolute Gasteiger partial charge is 0.101 e. The number of nitrogens with one attached hydrogen (secondary N) is 1. The molecule has 1 aromatic rings. The zero-order chi connectivity index (χ0) is 13.0. The van der Waals surface area contributed by atoms with Crippen molar-refractivity contribution in [2.45, 2.75) is 25.8 Å². The molecule has 0 saturated carbocycles. The van der Waals surface area contributed by atoms with E-state index in [0.717, 1.165) is 25.3 Å². The standard InChI is InChI=1S/C14H18ClN3/c1-2-18(13-4-3-7-17-10-13)14-6-5-12(15)8-11(14)9-16/h5-6,8,13,17H,2-4,7,10H2,1H3. The lowest BCUT2D eigenvalue weighted by Gasteiger charge is -2.36. The van der Waals surface area contributed by atoms with Gasteiger partial charge >= 0.3 is 0 Å². The summed E-state index contributed by atoms with van der Waals surface area (Å²) in [7, 11) is 0. The third-order valence-corrected chi connectivity index (χ3v) is 3.68. The SMILES string of the molecule is CCN(c1ccc(Cl)cc1C#N)C1CCCNC1. The maximum absolute atomic E-state index is 9.23. The Morgan fingerprint density at radius 1 is 1.56 bits per heavy atom. The lowest BCUT2D eigenvalue weighted by Crippen LogP contribution is -2.46. The Morgan fingerprint density at radius 3 is 3.00 bits per heavy atom. The van der Waals surface area contributed by atoms with Crippen LogP contribution in [0.5, 0.6) is 0 Å². The largest absolute Gasteiger partial charge is 0.366 e. The summed E-state index contributed by atoms with van der Waals surface area (Å²) in [6, 6.07) is 8.27. The van der Waals surface area contributed by atoms with Gasteiger partial charge in [-0.15, -0.1) is 0 Å². The number of likely N-dealkylation sites (N-methyl/N-ethyl adjacent to an activating group) is 1. The van der Waals surface area contributed by atoms with Crippen molar-refractivity contribution in [3.63, 3.8) is 0 Å². The second-order valence-electron chi connectivity index (χ2n) is 4.56. The molecular formula is C14H18ClN3. The van der Waals surface area contributed by atoms with Gasteiger partial charge in [-0.25, -0.2) is 0 Å². The number of benzene rings is 1. The fourth-order valence-electron chi connectivity index (χ4n) is 2.57. The molecule has 1 unspecified atom stereocenters. The third-order valence-electron chi connectivity index (χ3n) is 3.44. The van der Waals surface area contributed by atoms with Gasteiger partial charge in [0.05, 0.1) is 11.3 Å². The van der Waals surface area contributed by atoms with Gasteiger partial charge in [0.25, 0.3) is 0 Å². The predicted octanol–water partition coefficient (Wildman–Crippen LogP) is 2.79. The van der Waals surface area contributed by atoms with Gasteiger partial charge in [0.1, 0.15) is 6.07 Å². The minimum atomic E-state index is 0.469. The second-order valence-corrected chi connectivity index (χ2v) is 5.00. The molecule has 1 aromatic carbocycles. The molecule has 18 heavy (non-hydrogen) atoms. The molecule has 0 aromatic heterocycles. The van der Waals surface area contributed by atoms with Crippen molar-refractivity contribution < 1.29 is 0 Å². The maximum atomic E-state index is 9.23. The fraction of sp³-hybridized carbons (Fsp3) is 0.500. The van der Waals surface area contributed by atoms with Gasteiger partial charge < -0.3 is 10.2 Å². The van der Waals surface area contributed by atoms with Crippen molar-refractivity contribution in [2.24, 2.45) is 0 Å². The second kappa shape index (κ2) is 6.08. The van der Waals surface area contributed by atoms with Crippen LogP contribution in [0.15, 0.2) is 18.2 Å². The average Bonchev–Trinajstić information content (AvgIpc) is 2.42. The van der Waals surface area contributed by atoms with Crippen LogP contribution in [0.1, 0.15) is 25.3 Å². The predicted molar refractivity (Wildman–Crippen MR) is 75.1 cm³/mol. The zero-order valence-corrected chi connectivity index (χ0v) is 11.4. The van der Waals surface area contributed by atoms with Crippen molar-refractivity contribution in [3.8, 4) is 6.07 Å². The summed E-state index contributed by atoms with van der Waals surface area (Å²) in [5.41, 5.74) is 1.66. The molecule has 1 N–H and O–H groups in total. The monoisotopic (exact) mass is 263 g/mol. The number of rotatable bonds is 3. The number of piperidine rings is 1. The average molecular weight is 264 g/mol. The first-order valence-corrected chi connectivity index (χ1v) is 6.81. The van der Waals surface area contributed by atoms with Crippen LogP contribution in [0.25, 0.3) is 0 Å². The molecule has 1 atom stereocenters. The number of hydrogen-bond donors (Lipinski definition) is 1. The highest BCUT2D eigenvalue weighted by molar-refractivity contribution is 6.30. The van der Waals surface area contributed by atoms with Crippen molar-refractivity contribution in [3.05, 3.63) is 28.8 Å². The molecular weight excluding hydrogens is 246 g/mol. The summed E-state index contributed by atoms with van der Waals surface area (Å²) in [6.45, 7) is 5.12. The Kier molecular flexibility index (Phi) is 4.46. The summed E-state index contributed by atoms with van der Waals surface area (Å²) in [5.74, 6) is 0. The molecule has 0 radical (unpaired) electrons. The first-order valence-electron chi connectivity index (χ1n) is 6.43. The maximum Gasteiger partial charge on any atom is 0.101 e. The summed E-state index contributed by atoms with van der Waals surface area (Å²) < 4.78 is 0. The van der Waals surface area contributed by atoms with Crippen LogP contribution >= 0.6 is 11.6 Å². The van der Waals surface area contributed by atoms with E-state index in [-0.39, 0.29) is 0 Å². The number of halogens is 1. The summed E-state index contributed by atoms with van der Waals surface area (Å²) in [5, 5.41) is 13.3. The van der Waals surface area contributed by atoms with E-state index in [1.54, 1.807) is 6.07 Å². The van der Waals surface area contributed by atoms with E-state index in [1.165, 1.54) is 12.8 Å². The van der Waals surface area contributed by atoms with Gasteiger partial charge in [0.15, 0.2) is 0 Å². The van der Waals surface area contributed by atoms with Gasteiger partial charge in [-0.1, -0.05) is 11.6 Å². The van der Waals surface area contributed by atoms with Gasteiger partial charge in [0, 0.05) is 24.2 Å². The first kappa shape index (κ1) is 13.2. The summed E-state index contributed by atoms with van der Waals surface area (Å²) in [4.78, 5) is 2.31. The molecule has 2 rings (SSSR count). The number of anilines is 1. The molecule has 1 fully saturated rings. The fourth-order valence-corrected chi connectivity index (χ4v) is 2.75. The summed E-state index contributed by atoms with van der Waals surface area (Å²) >= 11 is 5.95. The van der Waals surface area contributed by atoms with E-state index in [0.29, 0.717) is 16.6 Å².